The zero-order valence-electron chi connectivity index (χ0n) is 9.55. The van der Waals surface area contributed by atoms with Gasteiger partial charge in [0.15, 0.2) is 4.34 Å². The van der Waals surface area contributed by atoms with Crippen molar-refractivity contribution < 1.29 is 0 Å². The molecular weight excluding hydrogens is 328 g/mol. The Hall–Kier alpha value is -0.910. The molecule has 0 atom stereocenters. The third-order valence-electron chi connectivity index (χ3n) is 2.40. The Morgan fingerprint density at radius 3 is 2.89 bits per heavy atom. The van der Waals surface area contributed by atoms with Gasteiger partial charge in [0.2, 0.25) is 0 Å². The average molecular weight is 337 g/mol. The lowest BCUT2D eigenvalue weighted by Gasteiger charge is -2.00. The Bertz CT molecular complexity index is 676. The predicted octanol–water partition coefficient (Wildman–Crippen LogP) is 4.91. The molecule has 3 rings (SSSR count). The van der Waals surface area contributed by atoms with Crippen LogP contribution in [0.15, 0.2) is 50.4 Å². The largest absolute Gasteiger partial charge is 0.248 e. The number of pyridine rings is 1. The van der Waals surface area contributed by atoms with Gasteiger partial charge in [0, 0.05) is 6.20 Å². The van der Waals surface area contributed by atoms with Gasteiger partial charge >= 0.3 is 0 Å². The quantitative estimate of drug-likeness (QED) is 0.664. The van der Waals surface area contributed by atoms with Crippen LogP contribution in [0, 0.1) is 6.92 Å². The summed E-state index contributed by atoms with van der Waals surface area (Å²) in [7, 11) is 0. The van der Waals surface area contributed by atoms with E-state index in [1.165, 1.54) is 4.70 Å². The zero-order chi connectivity index (χ0) is 12.5. The van der Waals surface area contributed by atoms with Gasteiger partial charge in [-0.25, -0.2) is 9.97 Å². The van der Waals surface area contributed by atoms with E-state index in [-0.39, 0.29) is 0 Å². The minimum atomic E-state index is 0.958. The Morgan fingerprint density at radius 1 is 1.28 bits per heavy atom. The molecule has 18 heavy (non-hydrogen) atoms. The van der Waals surface area contributed by atoms with Gasteiger partial charge in [0.1, 0.15) is 5.03 Å². The first-order valence-electron chi connectivity index (χ1n) is 5.38. The van der Waals surface area contributed by atoms with Crippen molar-refractivity contribution in [3.8, 4) is 0 Å². The number of fused-ring (bicyclic) bond motifs is 1. The minimum absolute atomic E-state index is 0.958. The third kappa shape index (κ3) is 2.43. The molecule has 0 amide bonds. The first kappa shape index (κ1) is 12.1. The number of aryl methyl sites for hydroxylation is 1. The van der Waals surface area contributed by atoms with Gasteiger partial charge in [-0.3, -0.25) is 0 Å². The van der Waals surface area contributed by atoms with Gasteiger partial charge in [-0.2, -0.15) is 0 Å². The molecule has 2 aromatic heterocycles. The van der Waals surface area contributed by atoms with Crippen molar-refractivity contribution >= 4 is 49.2 Å². The summed E-state index contributed by atoms with van der Waals surface area (Å²) in [6, 6.07) is 10.2. The van der Waals surface area contributed by atoms with E-state index in [0.29, 0.717) is 0 Å². The van der Waals surface area contributed by atoms with Crippen LogP contribution in [0.5, 0.6) is 0 Å². The summed E-state index contributed by atoms with van der Waals surface area (Å²) in [5.41, 5.74) is 2.20. The maximum atomic E-state index is 4.59. The van der Waals surface area contributed by atoms with Crippen LogP contribution < -0.4 is 0 Å². The summed E-state index contributed by atoms with van der Waals surface area (Å²) >= 11 is 6.84. The molecule has 0 aliphatic rings. The van der Waals surface area contributed by atoms with Crippen LogP contribution in [0.2, 0.25) is 0 Å². The number of hydrogen-bond donors (Lipinski definition) is 0. The lowest BCUT2D eigenvalue weighted by Crippen LogP contribution is -1.83. The van der Waals surface area contributed by atoms with Crippen LogP contribution >= 0.6 is 39.0 Å². The summed E-state index contributed by atoms with van der Waals surface area (Å²) in [5.74, 6) is 0. The van der Waals surface area contributed by atoms with E-state index in [2.05, 4.69) is 38.0 Å². The molecule has 90 valence electrons. The Balaban J connectivity index is 1.96. The molecule has 3 aromatic rings. The average Bonchev–Trinajstić information content (AvgIpc) is 2.75. The summed E-state index contributed by atoms with van der Waals surface area (Å²) in [6.45, 7) is 2.03. The van der Waals surface area contributed by atoms with Gasteiger partial charge in [-0.15, -0.1) is 11.3 Å². The molecule has 0 bridgehead atoms. The lowest BCUT2D eigenvalue weighted by atomic mass is 10.3. The Labute approximate surface area is 122 Å². The summed E-state index contributed by atoms with van der Waals surface area (Å²) < 4.78 is 3.25. The van der Waals surface area contributed by atoms with Crippen molar-refractivity contribution in [2.45, 2.75) is 16.3 Å². The maximum absolute atomic E-state index is 4.59. The molecule has 5 heteroatoms. The molecule has 0 saturated heterocycles. The highest BCUT2D eigenvalue weighted by molar-refractivity contribution is 9.10. The maximum Gasteiger partial charge on any atom is 0.157 e. The first-order chi connectivity index (χ1) is 8.72. The van der Waals surface area contributed by atoms with Crippen LogP contribution in [-0.4, -0.2) is 9.97 Å². The van der Waals surface area contributed by atoms with Crippen LogP contribution in [0.1, 0.15) is 5.56 Å². The van der Waals surface area contributed by atoms with Gasteiger partial charge in [-0.05, 0) is 58.4 Å². The van der Waals surface area contributed by atoms with Gasteiger partial charge in [0.05, 0.1) is 14.7 Å². The molecule has 2 heterocycles. The number of rotatable bonds is 2. The molecule has 0 fully saturated rings. The highest BCUT2D eigenvalue weighted by Crippen LogP contribution is 2.36. The highest BCUT2D eigenvalue weighted by atomic mass is 79.9. The van der Waals surface area contributed by atoms with Gasteiger partial charge in [-0.1, -0.05) is 12.1 Å². The van der Waals surface area contributed by atoms with Crippen molar-refractivity contribution in [3.63, 3.8) is 0 Å². The monoisotopic (exact) mass is 336 g/mol. The number of para-hydroxylation sites is 1. The summed E-state index contributed by atoms with van der Waals surface area (Å²) in [6.07, 6.45) is 1.88. The predicted molar refractivity (Wildman–Crippen MR) is 80.4 cm³/mol. The second-order valence-electron chi connectivity index (χ2n) is 3.85. The first-order valence-corrected chi connectivity index (χ1v) is 7.80. The molecule has 1 aromatic carbocycles. The zero-order valence-corrected chi connectivity index (χ0v) is 12.8. The number of thiazole rings is 1. The van der Waals surface area contributed by atoms with Crippen LogP contribution in [0.25, 0.3) is 10.2 Å². The second-order valence-corrected chi connectivity index (χ2v) is 6.97. The molecule has 0 radical (unpaired) electrons. The standard InChI is InChI=1S/C13H9BrN2S2/c1-8-6-9(14)12(15-7-8)18-13-16-10-4-2-3-5-11(10)17-13/h2-7H,1H3. The molecule has 0 spiro atoms. The fraction of sp³-hybridized carbons (Fsp3) is 0.0769. The van der Waals surface area contributed by atoms with Crippen molar-refractivity contribution in [1.82, 2.24) is 9.97 Å². The van der Waals surface area contributed by atoms with E-state index < -0.39 is 0 Å². The lowest BCUT2D eigenvalue weighted by molar-refractivity contribution is 1.08. The topological polar surface area (TPSA) is 25.8 Å². The third-order valence-corrected chi connectivity index (χ3v) is 5.38. The normalized spacial score (nSPS) is 11.0. The van der Waals surface area contributed by atoms with Crippen LogP contribution in [0.4, 0.5) is 0 Å². The SMILES string of the molecule is Cc1cnc(Sc2nc3ccccc3s2)c(Br)c1. The van der Waals surface area contributed by atoms with E-state index in [9.17, 15) is 0 Å². The smallest absolute Gasteiger partial charge is 0.157 e. The van der Waals surface area contributed by atoms with Crippen molar-refractivity contribution in [2.24, 2.45) is 0 Å². The molecular formula is C13H9BrN2S2. The molecule has 0 aliphatic carbocycles. The van der Waals surface area contributed by atoms with E-state index in [1.807, 2.05) is 31.3 Å². The van der Waals surface area contributed by atoms with Crippen LogP contribution in [-0.2, 0) is 0 Å². The fourth-order valence-electron chi connectivity index (χ4n) is 1.57. The highest BCUT2D eigenvalue weighted by Gasteiger charge is 2.08. The van der Waals surface area contributed by atoms with E-state index in [0.717, 1.165) is 24.9 Å². The molecule has 0 N–H and O–H groups in total. The Kier molecular flexibility index (Phi) is 3.37. The Morgan fingerprint density at radius 2 is 2.11 bits per heavy atom. The van der Waals surface area contributed by atoms with Gasteiger partial charge in [0.25, 0.3) is 0 Å². The number of halogens is 1. The van der Waals surface area contributed by atoms with Crippen molar-refractivity contribution in [2.75, 3.05) is 0 Å². The van der Waals surface area contributed by atoms with E-state index >= 15 is 0 Å². The summed E-state index contributed by atoms with van der Waals surface area (Å²) in [5, 5.41) is 0.958. The number of nitrogens with zero attached hydrogens (tertiary/aromatic N) is 2. The fourth-order valence-corrected chi connectivity index (χ4v) is 4.22. The van der Waals surface area contributed by atoms with Crippen molar-refractivity contribution in [1.29, 1.82) is 0 Å². The molecule has 0 saturated carbocycles. The van der Waals surface area contributed by atoms with E-state index in [4.69, 9.17) is 0 Å². The van der Waals surface area contributed by atoms with Crippen LogP contribution in [0.3, 0.4) is 0 Å². The molecule has 2 nitrogen and oxygen atoms in total. The number of hydrogen-bond acceptors (Lipinski definition) is 4. The second kappa shape index (κ2) is 4.99. The summed E-state index contributed by atoms with van der Waals surface area (Å²) in [4.78, 5) is 9.02. The van der Waals surface area contributed by atoms with Gasteiger partial charge < -0.3 is 0 Å². The van der Waals surface area contributed by atoms with E-state index in [1.54, 1.807) is 23.1 Å². The molecule has 0 unspecified atom stereocenters. The number of benzene rings is 1. The molecule has 0 aliphatic heterocycles. The minimum Gasteiger partial charge on any atom is -0.248 e. The van der Waals surface area contributed by atoms with Crippen molar-refractivity contribution in [3.05, 3.63) is 46.6 Å². The number of aromatic nitrogens is 2.